The maximum absolute atomic E-state index is 12.4. The number of fused-ring (bicyclic) bond motifs is 1. The Balaban J connectivity index is 1.76. The van der Waals surface area contributed by atoms with Gasteiger partial charge in [-0.1, -0.05) is 13.0 Å². The number of likely N-dealkylation sites (tertiary alicyclic amines) is 1. The number of hydrogen-bond donors (Lipinski definition) is 2. The highest BCUT2D eigenvalue weighted by atomic mass is 127. The van der Waals surface area contributed by atoms with E-state index in [1.54, 1.807) is 6.08 Å². The fraction of sp³-hybridized carbons (Fsp3) is 0.526. The molecule has 2 N–H and O–H groups in total. The zero-order valence-corrected chi connectivity index (χ0v) is 18.3. The second-order valence-corrected chi connectivity index (χ2v) is 8.33. The van der Waals surface area contributed by atoms with Gasteiger partial charge in [0.15, 0.2) is 0 Å². The normalized spacial score (nSPS) is 20.0. The highest BCUT2D eigenvalue weighted by molar-refractivity contribution is 14.1. The zero-order valence-electron chi connectivity index (χ0n) is 16.1. The van der Waals surface area contributed by atoms with E-state index < -0.39 is 0 Å². The molecule has 1 atom stereocenters. The molecule has 8 heteroatoms. The van der Waals surface area contributed by atoms with Gasteiger partial charge in [0.25, 0.3) is 0 Å². The van der Waals surface area contributed by atoms with Crippen molar-refractivity contribution < 1.29 is 4.79 Å². The van der Waals surface area contributed by atoms with Crippen molar-refractivity contribution in [1.82, 2.24) is 19.6 Å². The van der Waals surface area contributed by atoms with E-state index in [0.717, 1.165) is 41.0 Å². The van der Waals surface area contributed by atoms with Gasteiger partial charge in [-0.3, -0.25) is 4.79 Å². The molecule has 1 aromatic heterocycles. The van der Waals surface area contributed by atoms with Crippen LogP contribution in [0.15, 0.2) is 23.9 Å². The third kappa shape index (κ3) is 4.43. The predicted octanol–water partition coefficient (Wildman–Crippen LogP) is 2.86. The molecule has 0 unspecified atom stereocenters. The van der Waals surface area contributed by atoms with E-state index in [9.17, 15) is 4.79 Å². The Hall–Kier alpha value is -1.68. The van der Waals surface area contributed by atoms with Crippen LogP contribution in [-0.2, 0) is 4.79 Å². The number of nitrogens with zero attached hydrogens (tertiary/aromatic N) is 4. The molecule has 0 radical (unpaired) electrons. The van der Waals surface area contributed by atoms with Gasteiger partial charge in [0.2, 0.25) is 5.91 Å². The molecule has 1 amide bonds. The molecule has 0 aromatic carbocycles. The monoisotopic (exact) mass is 482 g/mol. The Morgan fingerprint density at radius 3 is 3.00 bits per heavy atom. The van der Waals surface area contributed by atoms with Crippen LogP contribution in [0.3, 0.4) is 0 Å². The number of nitrogens with one attached hydrogen (secondary N) is 2. The second kappa shape index (κ2) is 8.55. The Morgan fingerprint density at radius 1 is 1.52 bits per heavy atom. The number of anilines is 1. The summed E-state index contributed by atoms with van der Waals surface area (Å²) in [7, 11) is 3.96. The smallest absolute Gasteiger partial charge is 0.246 e. The topological polar surface area (TPSA) is 77.2 Å². The lowest BCUT2D eigenvalue weighted by Crippen LogP contribution is -2.28. The van der Waals surface area contributed by atoms with Crippen LogP contribution >= 0.6 is 22.6 Å². The van der Waals surface area contributed by atoms with Crippen LogP contribution in [0.4, 0.5) is 5.82 Å². The van der Waals surface area contributed by atoms with Crippen LogP contribution in [0.1, 0.15) is 37.8 Å². The minimum Gasteiger partial charge on any atom is -0.346 e. The lowest BCUT2D eigenvalue weighted by atomic mass is 10.0. The van der Waals surface area contributed by atoms with Crippen LogP contribution in [0, 0.1) is 9.11 Å². The van der Waals surface area contributed by atoms with Crippen LogP contribution in [0.5, 0.6) is 0 Å². The molecule has 3 heterocycles. The number of amides is 1. The molecule has 1 aromatic rings. The van der Waals surface area contributed by atoms with E-state index in [0.29, 0.717) is 18.7 Å². The average Bonchev–Trinajstić information content (AvgIpc) is 3.18. The molecule has 2 aliphatic heterocycles. The molecular weight excluding hydrogens is 455 g/mol. The van der Waals surface area contributed by atoms with Gasteiger partial charge in [-0.05, 0) is 55.1 Å². The first-order chi connectivity index (χ1) is 12.9. The second-order valence-electron chi connectivity index (χ2n) is 7.31. The summed E-state index contributed by atoms with van der Waals surface area (Å²) in [5.41, 5.74) is 2.72. The minimum absolute atomic E-state index is 0.0566. The molecular formula is C19H27IN6O. The largest absolute Gasteiger partial charge is 0.346 e. The summed E-state index contributed by atoms with van der Waals surface area (Å²) in [5, 5.41) is 16.6. The SMILES string of the molecule is CCC1=CNc2c(c(I)nn2[C@@H]2CCN(C(=O)/C=C/CN(C)C)C2)C(=N)C1. The molecule has 7 nitrogen and oxygen atoms in total. The van der Waals surface area contributed by atoms with Crippen LogP contribution in [-0.4, -0.2) is 64.9 Å². The molecule has 2 aliphatic rings. The van der Waals surface area contributed by atoms with E-state index in [1.807, 2.05) is 40.9 Å². The minimum atomic E-state index is 0.0566. The number of allylic oxidation sites excluding steroid dienone is 1. The Labute approximate surface area is 174 Å². The molecule has 0 aliphatic carbocycles. The van der Waals surface area contributed by atoms with Crippen molar-refractivity contribution in [3.05, 3.63) is 33.2 Å². The summed E-state index contributed by atoms with van der Waals surface area (Å²) < 4.78 is 2.83. The number of carbonyl (C=O) groups is 1. The first-order valence-electron chi connectivity index (χ1n) is 9.31. The Kier molecular flexibility index (Phi) is 6.36. The van der Waals surface area contributed by atoms with Gasteiger partial charge >= 0.3 is 0 Å². The lowest BCUT2D eigenvalue weighted by molar-refractivity contribution is -0.125. The number of likely N-dealkylation sites (N-methyl/N-ethyl adjacent to an activating group) is 1. The maximum Gasteiger partial charge on any atom is 0.246 e. The van der Waals surface area contributed by atoms with Crippen LogP contribution in [0.25, 0.3) is 0 Å². The van der Waals surface area contributed by atoms with Crippen molar-refractivity contribution in [2.75, 3.05) is 39.0 Å². The predicted molar refractivity (Wildman–Crippen MR) is 116 cm³/mol. The van der Waals surface area contributed by atoms with Crippen molar-refractivity contribution in [2.45, 2.75) is 32.2 Å². The maximum atomic E-state index is 12.4. The number of aromatic nitrogens is 2. The molecule has 27 heavy (non-hydrogen) atoms. The van der Waals surface area contributed by atoms with Gasteiger partial charge in [0.1, 0.15) is 9.52 Å². The summed E-state index contributed by atoms with van der Waals surface area (Å²) in [6.45, 7) is 4.24. The summed E-state index contributed by atoms with van der Waals surface area (Å²) in [4.78, 5) is 16.3. The summed E-state index contributed by atoms with van der Waals surface area (Å²) in [5.74, 6) is 0.941. The van der Waals surface area contributed by atoms with Crippen molar-refractivity contribution >= 4 is 40.0 Å². The first kappa shape index (κ1) is 20.1. The molecule has 0 bridgehead atoms. The summed E-state index contributed by atoms with van der Waals surface area (Å²) in [6.07, 6.45) is 8.03. The van der Waals surface area contributed by atoms with Gasteiger partial charge < -0.3 is 20.5 Å². The van der Waals surface area contributed by atoms with Gasteiger partial charge in [0, 0.05) is 44.0 Å². The van der Waals surface area contributed by atoms with Gasteiger partial charge in [-0.2, -0.15) is 5.10 Å². The Morgan fingerprint density at radius 2 is 2.30 bits per heavy atom. The van der Waals surface area contributed by atoms with E-state index >= 15 is 0 Å². The van der Waals surface area contributed by atoms with Crippen molar-refractivity contribution in [1.29, 1.82) is 5.41 Å². The highest BCUT2D eigenvalue weighted by Gasteiger charge is 2.31. The lowest BCUT2D eigenvalue weighted by Gasteiger charge is -2.17. The fourth-order valence-corrected chi connectivity index (χ4v) is 4.27. The molecule has 146 valence electrons. The summed E-state index contributed by atoms with van der Waals surface area (Å²) in [6, 6.07) is 0.130. The number of hydrogen-bond acceptors (Lipinski definition) is 5. The van der Waals surface area contributed by atoms with Crippen molar-refractivity contribution in [3.8, 4) is 0 Å². The quantitative estimate of drug-likeness (QED) is 0.500. The zero-order chi connectivity index (χ0) is 19.6. The number of carbonyl (C=O) groups excluding carboxylic acids is 1. The van der Waals surface area contributed by atoms with E-state index in [1.165, 1.54) is 5.57 Å². The highest BCUT2D eigenvalue weighted by Crippen LogP contribution is 2.33. The van der Waals surface area contributed by atoms with Gasteiger partial charge in [-0.15, -0.1) is 0 Å². The fourth-order valence-electron chi connectivity index (χ4n) is 3.45. The first-order valence-corrected chi connectivity index (χ1v) is 10.4. The van der Waals surface area contributed by atoms with Crippen molar-refractivity contribution in [2.24, 2.45) is 0 Å². The van der Waals surface area contributed by atoms with Crippen molar-refractivity contribution in [3.63, 3.8) is 0 Å². The van der Waals surface area contributed by atoms with Crippen LogP contribution < -0.4 is 5.32 Å². The number of halogens is 1. The molecule has 3 rings (SSSR count). The third-order valence-electron chi connectivity index (χ3n) is 4.99. The number of rotatable bonds is 5. The standard InChI is InChI=1S/C19H27IN6O/c1-4-13-10-15(21)17-18(20)23-26(19(17)22-11-13)14-7-9-25(12-14)16(27)6-5-8-24(2)3/h5-6,11,14,21-22H,4,7-10,12H2,1-3H3/b6-5+,21-15?/t14-/m1/s1. The third-order valence-corrected chi connectivity index (χ3v) is 5.75. The molecule has 0 spiro atoms. The Bertz CT molecular complexity index is 794. The molecule has 0 saturated carbocycles. The van der Waals surface area contributed by atoms with E-state index in [2.05, 4.69) is 34.8 Å². The van der Waals surface area contributed by atoms with E-state index in [-0.39, 0.29) is 11.9 Å². The van der Waals surface area contributed by atoms with Crippen LogP contribution in [0.2, 0.25) is 0 Å². The molecule has 1 saturated heterocycles. The molecule has 1 fully saturated rings. The van der Waals surface area contributed by atoms with Gasteiger partial charge in [-0.25, -0.2) is 4.68 Å². The van der Waals surface area contributed by atoms with E-state index in [4.69, 9.17) is 10.5 Å². The summed E-state index contributed by atoms with van der Waals surface area (Å²) >= 11 is 2.21. The van der Waals surface area contributed by atoms with Gasteiger partial charge in [0.05, 0.1) is 11.6 Å². The average molecular weight is 482 g/mol.